The number of phenols is 1. The molecule has 2 aromatic rings. The average molecular weight is 310 g/mol. The highest BCUT2D eigenvalue weighted by Gasteiger charge is 2.17. The SMILES string of the molecule is Nc1nnc(-c2ccccc2O)cc1C1=CC(CC=O)NCC1. The number of nitrogens with two attached hydrogens (primary N) is 1. The number of aromatic nitrogens is 2. The van der Waals surface area contributed by atoms with Crippen LogP contribution in [0, 0.1) is 0 Å². The quantitative estimate of drug-likeness (QED) is 0.744. The number of aldehydes is 1. The Morgan fingerprint density at radius 3 is 2.91 bits per heavy atom. The second-order valence-electron chi connectivity index (χ2n) is 5.45. The Morgan fingerprint density at radius 1 is 1.30 bits per heavy atom. The minimum atomic E-state index is 0.0115. The lowest BCUT2D eigenvalue weighted by atomic mass is 9.95. The highest BCUT2D eigenvalue weighted by molar-refractivity contribution is 5.78. The van der Waals surface area contributed by atoms with Crippen molar-refractivity contribution >= 4 is 17.7 Å². The molecule has 0 spiro atoms. The number of rotatable bonds is 4. The summed E-state index contributed by atoms with van der Waals surface area (Å²) in [6.07, 6.45) is 4.14. The number of hydrogen-bond acceptors (Lipinski definition) is 6. The van der Waals surface area contributed by atoms with Gasteiger partial charge in [-0.15, -0.1) is 10.2 Å². The van der Waals surface area contributed by atoms with E-state index >= 15 is 0 Å². The van der Waals surface area contributed by atoms with Gasteiger partial charge in [-0.25, -0.2) is 0 Å². The van der Waals surface area contributed by atoms with Crippen LogP contribution in [0.4, 0.5) is 5.82 Å². The van der Waals surface area contributed by atoms with Gasteiger partial charge in [-0.1, -0.05) is 18.2 Å². The van der Waals surface area contributed by atoms with E-state index < -0.39 is 0 Å². The van der Waals surface area contributed by atoms with E-state index in [-0.39, 0.29) is 11.8 Å². The first-order valence-corrected chi connectivity index (χ1v) is 7.48. The number of phenolic OH excluding ortho intramolecular Hbond substituents is 1. The normalized spacial score (nSPS) is 17.6. The molecule has 1 aliphatic heterocycles. The zero-order valence-electron chi connectivity index (χ0n) is 12.6. The van der Waals surface area contributed by atoms with E-state index in [9.17, 15) is 9.90 Å². The minimum absolute atomic E-state index is 0.0115. The number of nitrogens with one attached hydrogen (secondary N) is 1. The van der Waals surface area contributed by atoms with Gasteiger partial charge in [-0.3, -0.25) is 0 Å². The summed E-state index contributed by atoms with van der Waals surface area (Å²) in [5.41, 5.74) is 9.01. The van der Waals surface area contributed by atoms with E-state index in [1.165, 1.54) is 0 Å². The van der Waals surface area contributed by atoms with E-state index in [4.69, 9.17) is 5.73 Å². The molecule has 2 heterocycles. The molecule has 1 unspecified atom stereocenters. The third kappa shape index (κ3) is 3.22. The molecule has 4 N–H and O–H groups in total. The Hall–Kier alpha value is -2.73. The fourth-order valence-corrected chi connectivity index (χ4v) is 2.74. The third-order valence-corrected chi connectivity index (χ3v) is 3.90. The van der Waals surface area contributed by atoms with Gasteiger partial charge in [0.05, 0.1) is 5.69 Å². The lowest BCUT2D eigenvalue weighted by Gasteiger charge is -2.22. The number of benzene rings is 1. The van der Waals surface area contributed by atoms with Gasteiger partial charge >= 0.3 is 0 Å². The van der Waals surface area contributed by atoms with Crippen LogP contribution in [0.3, 0.4) is 0 Å². The van der Waals surface area contributed by atoms with Gasteiger partial charge in [0.1, 0.15) is 12.0 Å². The molecule has 1 aromatic carbocycles. The van der Waals surface area contributed by atoms with Crippen molar-refractivity contribution in [1.29, 1.82) is 0 Å². The first kappa shape index (κ1) is 15.2. The van der Waals surface area contributed by atoms with Crippen molar-refractivity contribution in [3.63, 3.8) is 0 Å². The summed E-state index contributed by atoms with van der Waals surface area (Å²) in [5, 5.41) is 21.4. The summed E-state index contributed by atoms with van der Waals surface area (Å²) in [6, 6.07) is 8.83. The second kappa shape index (κ2) is 6.58. The van der Waals surface area contributed by atoms with Gasteiger partial charge in [0, 0.05) is 23.6 Å². The summed E-state index contributed by atoms with van der Waals surface area (Å²) in [7, 11) is 0. The summed E-state index contributed by atoms with van der Waals surface area (Å²) in [5.74, 6) is 0.498. The topological polar surface area (TPSA) is 101 Å². The Bertz CT molecular complexity index is 758. The third-order valence-electron chi connectivity index (χ3n) is 3.90. The number of anilines is 1. The van der Waals surface area contributed by atoms with Crippen LogP contribution in [0.2, 0.25) is 0 Å². The van der Waals surface area contributed by atoms with Crippen LogP contribution >= 0.6 is 0 Å². The van der Waals surface area contributed by atoms with Crippen LogP contribution in [0.15, 0.2) is 36.4 Å². The van der Waals surface area contributed by atoms with Crippen LogP contribution in [-0.2, 0) is 4.79 Å². The van der Waals surface area contributed by atoms with Crippen LogP contribution in [0.25, 0.3) is 16.8 Å². The van der Waals surface area contributed by atoms with Crippen molar-refractivity contribution in [3.05, 3.63) is 42.0 Å². The van der Waals surface area contributed by atoms with Crippen molar-refractivity contribution in [2.75, 3.05) is 12.3 Å². The van der Waals surface area contributed by atoms with E-state index in [0.29, 0.717) is 23.5 Å². The van der Waals surface area contributed by atoms with Gasteiger partial charge < -0.3 is 21.0 Å². The molecular weight excluding hydrogens is 292 g/mol. The largest absolute Gasteiger partial charge is 0.507 e. The molecule has 1 atom stereocenters. The van der Waals surface area contributed by atoms with Crippen LogP contribution in [0.1, 0.15) is 18.4 Å². The average Bonchev–Trinajstić information content (AvgIpc) is 2.57. The molecule has 23 heavy (non-hydrogen) atoms. The van der Waals surface area contributed by atoms with Crippen LogP contribution in [-0.4, -0.2) is 34.2 Å². The monoisotopic (exact) mass is 310 g/mol. The molecule has 0 radical (unpaired) electrons. The lowest BCUT2D eigenvalue weighted by Crippen LogP contribution is -2.32. The molecule has 0 fully saturated rings. The first-order valence-electron chi connectivity index (χ1n) is 7.48. The van der Waals surface area contributed by atoms with Gasteiger partial charge in [0.15, 0.2) is 5.82 Å². The number of nitrogens with zero attached hydrogens (tertiary/aromatic N) is 2. The molecule has 0 saturated carbocycles. The van der Waals surface area contributed by atoms with E-state index in [1.54, 1.807) is 18.2 Å². The first-order chi connectivity index (χ1) is 11.2. The van der Waals surface area contributed by atoms with Crippen molar-refractivity contribution in [2.24, 2.45) is 0 Å². The molecule has 0 amide bonds. The summed E-state index contributed by atoms with van der Waals surface area (Å²) < 4.78 is 0. The summed E-state index contributed by atoms with van der Waals surface area (Å²) in [6.45, 7) is 0.776. The number of carbonyl (C=O) groups is 1. The second-order valence-corrected chi connectivity index (χ2v) is 5.45. The van der Waals surface area contributed by atoms with E-state index in [2.05, 4.69) is 15.5 Å². The molecule has 1 aliphatic rings. The molecule has 6 nitrogen and oxygen atoms in total. The molecule has 0 saturated heterocycles. The van der Waals surface area contributed by atoms with Crippen LogP contribution < -0.4 is 11.1 Å². The number of carbonyl (C=O) groups excluding carboxylic acids is 1. The maximum Gasteiger partial charge on any atom is 0.153 e. The predicted octanol–water partition coefficient (Wildman–Crippen LogP) is 1.77. The van der Waals surface area contributed by atoms with Crippen LogP contribution in [0.5, 0.6) is 5.75 Å². The standard InChI is InChI=1S/C17H18N4O2/c18-17-14(11-5-7-19-12(9-11)6-8-22)10-15(20-21-17)13-3-1-2-4-16(13)23/h1-4,8-10,12,19,23H,5-7H2,(H2,18,21). The molecule has 3 rings (SSSR count). The van der Waals surface area contributed by atoms with Crippen molar-refractivity contribution in [3.8, 4) is 17.0 Å². The fourth-order valence-electron chi connectivity index (χ4n) is 2.74. The Balaban J connectivity index is 2.01. The fraction of sp³-hybridized carbons (Fsp3) is 0.235. The predicted molar refractivity (Wildman–Crippen MR) is 88.6 cm³/mol. The highest BCUT2D eigenvalue weighted by atomic mass is 16.3. The van der Waals surface area contributed by atoms with Gasteiger partial charge in [0.25, 0.3) is 0 Å². The van der Waals surface area contributed by atoms with Gasteiger partial charge in [-0.2, -0.15) is 0 Å². The Morgan fingerprint density at radius 2 is 2.13 bits per heavy atom. The number of aromatic hydroxyl groups is 1. The molecule has 118 valence electrons. The zero-order chi connectivity index (χ0) is 16.2. The molecule has 1 aromatic heterocycles. The van der Waals surface area contributed by atoms with Crippen molar-refractivity contribution < 1.29 is 9.90 Å². The molecule has 0 bridgehead atoms. The van der Waals surface area contributed by atoms with Gasteiger partial charge in [-0.05, 0) is 36.7 Å². The lowest BCUT2D eigenvalue weighted by molar-refractivity contribution is -0.108. The number of nitrogen functional groups attached to an aromatic ring is 1. The summed E-state index contributed by atoms with van der Waals surface area (Å²) >= 11 is 0. The maximum atomic E-state index is 10.7. The van der Waals surface area contributed by atoms with Crippen molar-refractivity contribution in [2.45, 2.75) is 18.9 Å². The molecule has 0 aliphatic carbocycles. The maximum absolute atomic E-state index is 10.7. The number of para-hydroxylation sites is 1. The molecular formula is C17H18N4O2. The molecule has 6 heteroatoms. The summed E-state index contributed by atoms with van der Waals surface area (Å²) in [4.78, 5) is 10.7. The number of hydrogen-bond donors (Lipinski definition) is 3. The smallest absolute Gasteiger partial charge is 0.153 e. The van der Waals surface area contributed by atoms with E-state index in [1.807, 2.05) is 18.2 Å². The minimum Gasteiger partial charge on any atom is -0.507 e. The zero-order valence-corrected chi connectivity index (χ0v) is 12.6. The highest BCUT2D eigenvalue weighted by Crippen LogP contribution is 2.32. The Labute approximate surface area is 134 Å². The van der Waals surface area contributed by atoms with Crippen molar-refractivity contribution in [1.82, 2.24) is 15.5 Å². The van der Waals surface area contributed by atoms with E-state index in [0.717, 1.165) is 30.4 Å². The Kier molecular flexibility index (Phi) is 4.34. The van der Waals surface area contributed by atoms with Gasteiger partial charge in [0.2, 0.25) is 0 Å².